The van der Waals surface area contributed by atoms with E-state index < -0.39 is 30.2 Å². The molecule has 176 valence electrons. The summed E-state index contributed by atoms with van der Waals surface area (Å²) in [6.45, 7) is 1.46. The van der Waals surface area contributed by atoms with Crippen LogP contribution in [0, 0.1) is 6.92 Å². The summed E-state index contributed by atoms with van der Waals surface area (Å²) in [6, 6.07) is 8.05. The largest absolute Gasteiger partial charge is 0.453 e. The van der Waals surface area contributed by atoms with Gasteiger partial charge in [0.15, 0.2) is 0 Å². The molecule has 2 amide bonds. The Balaban J connectivity index is 1.82. The Labute approximate surface area is 196 Å². The van der Waals surface area contributed by atoms with Gasteiger partial charge in [-0.05, 0) is 48.4 Å². The second-order valence-corrected chi connectivity index (χ2v) is 8.04. The van der Waals surface area contributed by atoms with Crippen molar-refractivity contribution in [3.63, 3.8) is 0 Å². The van der Waals surface area contributed by atoms with Gasteiger partial charge in [0, 0.05) is 27.6 Å². The number of hydrogen-bond acceptors (Lipinski definition) is 5. The fourth-order valence-electron chi connectivity index (χ4n) is 3.31. The Kier molecular flexibility index (Phi) is 7.08. The van der Waals surface area contributed by atoms with E-state index in [9.17, 15) is 22.8 Å². The number of hydrogen-bond donors (Lipinski definition) is 2. The van der Waals surface area contributed by atoms with Crippen molar-refractivity contribution in [2.45, 2.75) is 25.1 Å². The molecule has 12 heteroatoms. The third kappa shape index (κ3) is 5.17. The van der Waals surface area contributed by atoms with Gasteiger partial charge in [0.25, 0.3) is 11.5 Å². The van der Waals surface area contributed by atoms with Gasteiger partial charge in [0.2, 0.25) is 0 Å². The second kappa shape index (κ2) is 9.48. The van der Waals surface area contributed by atoms with E-state index in [0.29, 0.717) is 11.1 Å². The number of aryl methyl sites for hydroxylation is 1. The molecule has 7 nitrogen and oxygen atoms in total. The van der Waals surface area contributed by atoms with E-state index in [4.69, 9.17) is 28.0 Å². The van der Waals surface area contributed by atoms with E-state index in [-0.39, 0.29) is 33.6 Å². The van der Waals surface area contributed by atoms with Gasteiger partial charge < -0.3 is 20.2 Å². The number of ether oxygens (including phenoxy) is 1. The standard InChI is InChI=1S/C21H18Cl2F3N3O4/c1-11-5-12(3-4-16(11)18(30)27-10-28-19(31)32-2)17-9-20(33-29-17,21(24,25)26)13-6-14(22)8-15(23)7-13/h3-8H,9-10H2,1-2H3,(H,27,30)(H,28,31). The quantitative estimate of drug-likeness (QED) is 0.566. The predicted molar refractivity (Wildman–Crippen MR) is 115 cm³/mol. The Bertz CT molecular complexity index is 1100. The highest BCUT2D eigenvalue weighted by Gasteiger charge is 2.62. The summed E-state index contributed by atoms with van der Waals surface area (Å²) < 4.78 is 46.8. The lowest BCUT2D eigenvalue weighted by molar-refractivity contribution is -0.275. The first-order valence-corrected chi connectivity index (χ1v) is 10.2. The average molecular weight is 504 g/mol. The molecule has 0 aliphatic carbocycles. The topological polar surface area (TPSA) is 89.0 Å². The van der Waals surface area contributed by atoms with E-state index in [1.165, 1.54) is 31.4 Å². The second-order valence-electron chi connectivity index (χ2n) is 7.17. The normalized spacial score (nSPS) is 17.7. The molecule has 0 saturated heterocycles. The summed E-state index contributed by atoms with van der Waals surface area (Å²) >= 11 is 11.8. The number of carbonyl (C=O) groups is 2. The average Bonchev–Trinajstić information content (AvgIpc) is 3.19. The van der Waals surface area contributed by atoms with Crippen molar-refractivity contribution in [1.29, 1.82) is 0 Å². The number of alkyl carbamates (subject to hydrolysis) is 1. The predicted octanol–water partition coefficient (Wildman–Crippen LogP) is 4.93. The molecule has 33 heavy (non-hydrogen) atoms. The minimum atomic E-state index is -4.81. The molecule has 1 atom stereocenters. The molecule has 1 aliphatic heterocycles. The Hall–Kier alpha value is -2.98. The van der Waals surface area contributed by atoms with Crippen molar-refractivity contribution in [3.05, 3.63) is 68.7 Å². The molecule has 3 rings (SSSR count). The minimum absolute atomic E-state index is 0.0334. The monoisotopic (exact) mass is 503 g/mol. The molecule has 1 unspecified atom stereocenters. The molecular weight excluding hydrogens is 486 g/mol. The van der Waals surface area contributed by atoms with Crippen LogP contribution in [0.5, 0.6) is 0 Å². The van der Waals surface area contributed by atoms with Crippen LogP contribution in [0.3, 0.4) is 0 Å². The minimum Gasteiger partial charge on any atom is -0.453 e. The number of carbonyl (C=O) groups excluding carboxylic acids is 2. The molecule has 2 aromatic rings. The lowest BCUT2D eigenvalue weighted by Crippen LogP contribution is -2.42. The van der Waals surface area contributed by atoms with Crippen LogP contribution >= 0.6 is 23.2 Å². The van der Waals surface area contributed by atoms with Gasteiger partial charge >= 0.3 is 12.3 Å². The highest BCUT2D eigenvalue weighted by Crippen LogP contribution is 2.49. The third-order valence-corrected chi connectivity index (χ3v) is 5.42. The van der Waals surface area contributed by atoms with Crippen molar-refractivity contribution >= 4 is 40.9 Å². The lowest BCUT2D eigenvalue weighted by atomic mass is 9.86. The number of oxime groups is 1. The summed E-state index contributed by atoms with van der Waals surface area (Å²) in [6.07, 6.45) is -6.13. The number of nitrogens with zero attached hydrogens (tertiary/aromatic N) is 1. The van der Waals surface area contributed by atoms with Gasteiger partial charge in [-0.25, -0.2) is 4.79 Å². The smallest absolute Gasteiger partial charge is 0.435 e. The van der Waals surface area contributed by atoms with E-state index >= 15 is 0 Å². The third-order valence-electron chi connectivity index (χ3n) is 4.99. The zero-order valence-electron chi connectivity index (χ0n) is 17.3. The fourth-order valence-corrected chi connectivity index (χ4v) is 3.83. The van der Waals surface area contributed by atoms with Crippen LogP contribution in [-0.2, 0) is 15.2 Å². The van der Waals surface area contributed by atoms with Gasteiger partial charge in [-0.1, -0.05) is 34.4 Å². The van der Waals surface area contributed by atoms with Crippen molar-refractivity contribution < 1.29 is 32.3 Å². The van der Waals surface area contributed by atoms with Gasteiger partial charge in [-0.3, -0.25) is 4.79 Å². The van der Waals surface area contributed by atoms with Crippen LogP contribution < -0.4 is 10.6 Å². The molecule has 0 fully saturated rings. The fraction of sp³-hybridized carbons (Fsp3) is 0.286. The summed E-state index contributed by atoms with van der Waals surface area (Å²) in [5, 5.41) is 8.55. The van der Waals surface area contributed by atoms with Crippen molar-refractivity contribution in [2.24, 2.45) is 5.16 Å². The number of halogens is 5. The van der Waals surface area contributed by atoms with Gasteiger partial charge in [0.1, 0.15) is 0 Å². The Morgan fingerprint density at radius 2 is 1.82 bits per heavy atom. The van der Waals surface area contributed by atoms with E-state index in [1.807, 2.05) is 0 Å². The van der Waals surface area contributed by atoms with Gasteiger partial charge in [-0.2, -0.15) is 13.2 Å². The molecule has 2 N–H and O–H groups in total. The van der Waals surface area contributed by atoms with Crippen LogP contribution in [0.15, 0.2) is 41.6 Å². The summed E-state index contributed by atoms with van der Waals surface area (Å²) in [4.78, 5) is 28.4. The van der Waals surface area contributed by atoms with Crippen LogP contribution in [0.1, 0.15) is 33.5 Å². The van der Waals surface area contributed by atoms with E-state index in [2.05, 4.69) is 20.5 Å². The first-order valence-electron chi connectivity index (χ1n) is 9.46. The number of methoxy groups -OCH3 is 1. The zero-order valence-corrected chi connectivity index (χ0v) is 18.9. The van der Waals surface area contributed by atoms with Crippen molar-refractivity contribution in [1.82, 2.24) is 10.6 Å². The number of nitrogens with one attached hydrogen (secondary N) is 2. The molecule has 0 spiro atoms. The number of alkyl halides is 3. The van der Waals surface area contributed by atoms with E-state index in [0.717, 1.165) is 12.1 Å². The first-order chi connectivity index (χ1) is 15.5. The molecule has 0 bridgehead atoms. The van der Waals surface area contributed by atoms with Gasteiger partial charge in [0.05, 0.1) is 19.5 Å². The molecule has 2 aromatic carbocycles. The molecular formula is C21H18Cl2F3N3O4. The lowest BCUT2D eigenvalue weighted by Gasteiger charge is -2.29. The van der Waals surface area contributed by atoms with Crippen molar-refractivity contribution in [2.75, 3.05) is 13.8 Å². The Morgan fingerprint density at radius 1 is 1.15 bits per heavy atom. The molecule has 1 heterocycles. The highest BCUT2D eigenvalue weighted by atomic mass is 35.5. The number of amides is 2. The first kappa shape index (κ1) is 24.7. The molecule has 1 aliphatic rings. The van der Waals surface area contributed by atoms with E-state index in [1.54, 1.807) is 6.92 Å². The molecule has 0 saturated carbocycles. The SMILES string of the molecule is COC(=O)NCNC(=O)c1ccc(C2=NOC(c3cc(Cl)cc(Cl)c3)(C(F)(F)F)C2)cc1C. The van der Waals surface area contributed by atoms with Gasteiger partial charge in [-0.15, -0.1) is 0 Å². The van der Waals surface area contributed by atoms with Crippen LogP contribution in [0.4, 0.5) is 18.0 Å². The van der Waals surface area contributed by atoms with Crippen molar-refractivity contribution in [3.8, 4) is 0 Å². The summed E-state index contributed by atoms with van der Waals surface area (Å²) in [5.74, 6) is -0.488. The van der Waals surface area contributed by atoms with Crippen LogP contribution in [0.25, 0.3) is 0 Å². The Morgan fingerprint density at radius 3 is 2.39 bits per heavy atom. The molecule has 0 radical (unpaired) electrons. The highest BCUT2D eigenvalue weighted by molar-refractivity contribution is 6.34. The maximum atomic E-state index is 14.1. The van der Waals surface area contributed by atoms with Crippen LogP contribution in [-0.4, -0.2) is 37.7 Å². The summed E-state index contributed by atoms with van der Waals surface area (Å²) in [5.41, 5.74) is -1.85. The number of rotatable bonds is 5. The van der Waals surface area contributed by atoms with Crippen LogP contribution in [0.2, 0.25) is 10.0 Å². The number of benzene rings is 2. The zero-order chi connectivity index (χ0) is 24.4. The maximum absolute atomic E-state index is 14.1. The summed E-state index contributed by atoms with van der Waals surface area (Å²) in [7, 11) is 1.18. The molecule has 0 aromatic heterocycles. The maximum Gasteiger partial charge on any atom is 0.435 e.